The number of likely N-dealkylation sites (tertiary alicyclic amines) is 1. The Kier molecular flexibility index (Phi) is 7.26. The van der Waals surface area contributed by atoms with E-state index in [0.29, 0.717) is 13.0 Å². The van der Waals surface area contributed by atoms with Crippen LogP contribution in [-0.2, 0) is 17.6 Å². The molecule has 0 saturated carbocycles. The third-order valence-electron chi connectivity index (χ3n) is 5.39. The van der Waals surface area contributed by atoms with E-state index >= 15 is 0 Å². The van der Waals surface area contributed by atoms with Gasteiger partial charge < -0.3 is 9.64 Å². The monoisotopic (exact) mass is 366 g/mol. The molecule has 0 spiro atoms. The summed E-state index contributed by atoms with van der Waals surface area (Å²) in [5.41, 5.74) is 2.50. The smallest absolute Gasteiger partial charge is 0.222 e. The summed E-state index contributed by atoms with van der Waals surface area (Å²) < 4.78 is 5.50. The van der Waals surface area contributed by atoms with Gasteiger partial charge in [-0.05, 0) is 74.3 Å². The fourth-order valence-corrected chi connectivity index (χ4v) is 3.72. The molecule has 4 nitrogen and oxygen atoms in total. The van der Waals surface area contributed by atoms with Gasteiger partial charge in [-0.2, -0.15) is 0 Å². The first-order chi connectivity index (χ1) is 13.2. The number of piperidine rings is 1. The van der Waals surface area contributed by atoms with Crippen molar-refractivity contribution in [2.75, 3.05) is 19.7 Å². The molecule has 4 heteroatoms. The van der Waals surface area contributed by atoms with Gasteiger partial charge in [-0.15, -0.1) is 0 Å². The number of hydrogen-bond acceptors (Lipinski definition) is 3. The standard InChI is InChI=1S/C23H30N2O2/c1-2-27-22-10-7-19(8-11-22)5-6-20-13-16-25(17-14-20)23(26)12-9-21-4-3-15-24-18-21/h3-4,7-8,10-11,15,18,20H,2,5-6,9,12-14,16-17H2,1H3. The molecule has 1 aliphatic rings. The quantitative estimate of drug-likeness (QED) is 0.700. The van der Waals surface area contributed by atoms with E-state index < -0.39 is 0 Å². The van der Waals surface area contributed by atoms with Gasteiger partial charge in [0.2, 0.25) is 5.91 Å². The van der Waals surface area contributed by atoms with Crippen molar-refractivity contribution < 1.29 is 9.53 Å². The van der Waals surface area contributed by atoms with Crippen molar-refractivity contribution in [3.8, 4) is 5.75 Å². The summed E-state index contributed by atoms with van der Waals surface area (Å²) in [5.74, 6) is 1.95. The summed E-state index contributed by atoms with van der Waals surface area (Å²) >= 11 is 0. The summed E-state index contributed by atoms with van der Waals surface area (Å²) in [7, 11) is 0. The number of carbonyl (C=O) groups excluding carboxylic acids is 1. The molecule has 0 N–H and O–H groups in total. The second kappa shape index (κ2) is 10.1. The van der Waals surface area contributed by atoms with Crippen LogP contribution in [0.15, 0.2) is 48.8 Å². The van der Waals surface area contributed by atoms with E-state index in [1.54, 1.807) is 6.20 Å². The summed E-state index contributed by atoms with van der Waals surface area (Å²) in [6.07, 6.45) is 9.53. The molecule has 2 heterocycles. The maximum atomic E-state index is 12.4. The average Bonchev–Trinajstić information content (AvgIpc) is 2.73. The lowest BCUT2D eigenvalue weighted by atomic mass is 9.90. The summed E-state index contributed by atoms with van der Waals surface area (Å²) in [6, 6.07) is 12.4. The van der Waals surface area contributed by atoms with E-state index in [9.17, 15) is 4.79 Å². The van der Waals surface area contributed by atoms with Gasteiger partial charge in [0.05, 0.1) is 6.61 Å². The van der Waals surface area contributed by atoms with Crippen molar-refractivity contribution in [2.45, 2.75) is 45.4 Å². The zero-order chi connectivity index (χ0) is 18.9. The number of amides is 1. The van der Waals surface area contributed by atoms with Gasteiger partial charge >= 0.3 is 0 Å². The van der Waals surface area contributed by atoms with Gasteiger partial charge in [0, 0.05) is 31.9 Å². The molecule has 1 aromatic carbocycles. The van der Waals surface area contributed by atoms with Crippen molar-refractivity contribution in [1.29, 1.82) is 0 Å². The number of pyridine rings is 1. The highest BCUT2D eigenvalue weighted by Gasteiger charge is 2.22. The van der Waals surface area contributed by atoms with Crippen LogP contribution in [-0.4, -0.2) is 35.5 Å². The summed E-state index contributed by atoms with van der Waals surface area (Å²) in [6.45, 7) is 4.52. The molecule has 1 aliphatic heterocycles. The highest BCUT2D eigenvalue weighted by Crippen LogP contribution is 2.24. The molecule has 2 aromatic rings. The van der Waals surface area contributed by atoms with E-state index in [-0.39, 0.29) is 5.91 Å². The number of aromatic nitrogens is 1. The zero-order valence-corrected chi connectivity index (χ0v) is 16.3. The topological polar surface area (TPSA) is 42.4 Å². The van der Waals surface area contributed by atoms with Crippen LogP contribution in [0.3, 0.4) is 0 Å². The summed E-state index contributed by atoms with van der Waals surface area (Å²) in [4.78, 5) is 18.6. The molecule has 144 valence electrons. The first-order valence-electron chi connectivity index (χ1n) is 10.1. The highest BCUT2D eigenvalue weighted by atomic mass is 16.5. The molecule has 1 amide bonds. The molecule has 0 radical (unpaired) electrons. The molecule has 1 aromatic heterocycles. The SMILES string of the molecule is CCOc1ccc(CCC2CCN(C(=O)CCc3cccnc3)CC2)cc1. The Morgan fingerprint density at radius 3 is 2.56 bits per heavy atom. The van der Waals surface area contributed by atoms with Crippen LogP contribution < -0.4 is 4.74 Å². The van der Waals surface area contributed by atoms with Crippen molar-refractivity contribution in [3.63, 3.8) is 0 Å². The molecule has 1 fully saturated rings. The zero-order valence-electron chi connectivity index (χ0n) is 16.3. The van der Waals surface area contributed by atoms with E-state index in [1.165, 1.54) is 12.0 Å². The largest absolute Gasteiger partial charge is 0.494 e. The molecule has 0 bridgehead atoms. The van der Waals surface area contributed by atoms with Gasteiger partial charge in [0.25, 0.3) is 0 Å². The third-order valence-corrected chi connectivity index (χ3v) is 5.39. The van der Waals surface area contributed by atoms with E-state index in [1.807, 2.05) is 30.2 Å². The predicted molar refractivity (Wildman–Crippen MR) is 108 cm³/mol. The Balaban J connectivity index is 1.36. The molecule has 27 heavy (non-hydrogen) atoms. The molecule has 0 unspecified atom stereocenters. The minimum atomic E-state index is 0.281. The van der Waals surface area contributed by atoms with E-state index in [0.717, 1.165) is 56.0 Å². The molecular weight excluding hydrogens is 336 g/mol. The lowest BCUT2D eigenvalue weighted by Gasteiger charge is -2.32. The third kappa shape index (κ3) is 6.09. The normalized spacial score (nSPS) is 14.9. The van der Waals surface area contributed by atoms with Gasteiger partial charge in [-0.25, -0.2) is 0 Å². The summed E-state index contributed by atoms with van der Waals surface area (Å²) in [5, 5.41) is 0. The Labute approximate surface area is 162 Å². The van der Waals surface area contributed by atoms with Crippen LogP contribution in [0.2, 0.25) is 0 Å². The second-order valence-corrected chi connectivity index (χ2v) is 7.30. The fourth-order valence-electron chi connectivity index (χ4n) is 3.72. The molecule has 1 saturated heterocycles. The highest BCUT2D eigenvalue weighted by molar-refractivity contribution is 5.76. The number of nitrogens with zero attached hydrogens (tertiary/aromatic N) is 2. The van der Waals surface area contributed by atoms with Crippen LogP contribution in [0.25, 0.3) is 0 Å². The first kappa shape index (κ1) is 19.4. The minimum absolute atomic E-state index is 0.281. The van der Waals surface area contributed by atoms with Crippen molar-refractivity contribution >= 4 is 5.91 Å². The van der Waals surface area contributed by atoms with E-state index in [4.69, 9.17) is 4.74 Å². The Morgan fingerprint density at radius 2 is 1.89 bits per heavy atom. The Bertz CT molecular complexity index is 692. The number of aryl methyl sites for hydroxylation is 2. The van der Waals surface area contributed by atoms with Crippen LogP contribution in [0, 0.1) is 5.92 Å². The molecular formula is C23H30N2O2. The maximum Gasteiger partial charge on any atom is 0.222 e. The molecule has 0 aliphatic carbocycles. The fraction of sp³-hybridized carbons (Fsp3) is 0.478. The van der Waals surface area contributed by atoms with Gasteiger partial charge in [0.1, 0.15) is 5.75 Å². The predicted octanol–water partition coefficient (Wildman–Crippen LogP) is 4.28. The van der Waals surface area contributed by atoms with Gasteiger partial charge in [-0.3, -0.25) is 9.78 Å². The lowest BCUT2D eigenvalue weighted by Crippen LogP contribution is -2.38. The maximum absolute atomic E-state index is 12.4. The number of ether oxygens (including phenoxy) is 1. The number of carbonyl (C=O) groups is 1. The van der Waals surface area contributed by atoms with Crippen molar-refractivity contribution in [3.05, 3.63) is 59.9 Å². The second-order valence-electron chi connectivity index (χ2n) is 7.30. The van der Waals surface area contributed by atoms with Crippen molar-refractivity contribution in [1.82, 2.24) is 9.88 Å². The van der Waals surface area contributed by atoms with Crippen LogP contribution in [0.4, 0.5) is 0 Å². The number of rotatable bonds is 8. The van der Waals surface area contributed by atoms with E-state index in [2.05, 4.69) is 29.2 Å². The number of benzene rings is 1. The van der Waals surface area contributed by atoms with Crippen molar-refractivity contribution in [2.24, 2.45) is 5.92 Å². The molecule has 3 rings (SSSR count). The Hall–Kier alpha value is -2.36. The Morgan fingerprint density at radius 1 is 1.11 bits per heavy atom. The van der Waals surface area contributed by atoms with Gasteiger partial charge in [-0.1, -0.05) is 18.2 Å². The van der Waals surface area contributed by atoms with Crippen LogP contribution >= 0.6 is 0 Å². The van der Waals surface area contributed by atoms with Gasteiger partial charge in [0.15, 0.2) is 0 Å². The first-order valence-corrected chi connectivity index (χ1v) is 10.1. The van der Waals surface area contributed by atoms with Crippen LogP contribution in [0.1, 0.15) is 43.7 Å². The number of hydrogen-bond donors (Lipinski definition) is 0. The molecule has 0 atom stereocenters. The minimum Gasteiger partial charge on any atom is -0.494 e. The van der Waals surface area contributed by atoms with Crippen LogP contribution in [0.5, 0.6) is 5.75 Å². The average molecular weight is 367 g/mol. The lowest BCUT2D eigenvalue weighted by molar-refractivity contribution is -0.132.